The van der Waals surface area contributed by atoms with Crippen molar-refractivity contribution < 1.29 is 4.79 Å². The molecule has 1 saturated carbocycles. The van der Waals surface area contributed by atoms with Gasteiger partial charge in [0.15, 0.2) is 0 Å². The minimum atomic E-state index is -0.480. The van der Waals surface area contributed by atoms with E-state index in [4.69, 9.17) is 11.5 Å². The van der Waals surface area contributed by atoms with Crippen LogP contribution in [0.5, 0.6) is 0 Å². The summed E-state index contributed by atoms with van der Waals surface area (Å²) in [5, 5.41) is 4.11. The van der Waals surface area contributed by atoms with Crippen LogP contribution in [0.2, 0.25) is 0 Å². The number of nitrogens with one attached hydrogen (secondary N) is 1. The lowest BCUT2D eigenvalue weighted by Gasteiger charge is -2.22. The molecular weight excluding hydrogens is 258 g/mol. The molecule has 0 bridgehead atoms. The summed E-state index contributed by atoms with van der Waals surface area (Å²) >= 11 is 1.99. The number of hydrogen-bond acceptors (Lipinski definition) is 4. The quantitative estimate of drug-likeness (QED) is 0.723. The Kier molecular flexibility index (Phi) is 4.58. The van der Waals surface area contributed by atoms with Gasteiger partial charge in [0.05, 0.1) is 16.9 Å². The molecular formula is C14H21N3OS. The molecule has 1 aromatic carbocycles. The standard InChI is InChI=1S/C14H21N3OS/c1-2-19-12-8-4-6-10(12)17-11-7-3-5-9(13(11)15)14(16)18/h3,5,7,10,12,17H,2,4,6,8,15H2,1H3,(H2,16,18). The Hall–Kier alpha value is -1.36. The maximum absolute atomic E-state index is 11.3. The molecule has 1 fully saturated rings. The lowest BCUT2D eigenvalue weighted by molar-refractivity contribution is 0.100. The van der Waals surface area contributed by atoms with Crippen molar-refractivity contribution in [3.05, 3.63) is 23.8 Å². The fourth-order valence-corrected chi connectivity index (χ4v) is 3.81. The molecule has 1 aromatic rings. The third-order valence-corrected chi connectivity index (χ3v) is 4.87. The molecule has 104 valence electrons. The summed E-state index contributed by atoms with van der Waals surface area (Å²) in [5.41, 5.74) is 13.0. The first kappa shape index (κ1) is 14.1. The van der Waals surface area contributed by atoms with Gasteiger partial charge in [-0.05, 0) is 30.7 Å². The van der Waals surface area contributed by atoms with E-state index in [1.807, 2.05) is 23.9 Å². The van der Waals surface area contributed by atoms with Crippen molar-refractivity contribution in [3.63, 3.8) is 0 Å². The largest absolute Gasteiger partial charge is 0.396 e. The summed E-state index contributed by atoms with van der Waals surface area (Å²) in [6.45, 7) is 2.18. The molecule has 1 amide bonds. The van der Waals surface area contributed by atoms with Crippen LogP contribution in [0.15, 0.2) is 18.2 Å². The molecule has 4 nitrogen and oxygen atoms in total. The van der Waals surface area contributed by atoms with E-state index >= 15 is 0 Å². The van der Waals surface area contributed by atoms with Crippen molar-refractivity contribution in [2.24, 2.45) is 5.73 Å². The Labute approximate surface area is 118 Å². The summed E-state index contributed by atoms with van der Waals surface area (Å²) in [6, 6.07) is 5.81. The highest BCUT2D eigenvalue weighted by atomic mass is 32.2. The summed E-state index contributed by atoms with van der Waals surface area (Å²) in [4.78, 5) is 11.3. The summed E-state index contributed by atoms with van der Waals surface area (Å²) in [6.07, 6.45) is 3.63. The zero-order valence-corrected chi connectivity index (χ0v) is 12.0. The Morgan fingerprint density at radius 1 is 1.47 bits per heavy atom. The predicted octanol–water partition coefficient (Wildman–Crippen LogP) is 2.45. The molecule has 1 aliphatic rings. The maximum atomic E-state index is 11.3. The van der Waals surface area contributed by atoms with Crippen LogP contribution in [-0.2, 0) is 0 Å². The normalized spacial score (nSPS) is 22.4. The third-order valence-electron chi connectivity index (χ3n) is 3.55. The average Bonchev–Trinajstić information content (AvgIpc) is 2.79. The number of amides is 1. The highest BCUT2D eigenvalue weighted by Crippen LogP contribution is 2.33. The van der Waals surface area contributed by atoms with Gasteiger partial charge in [-0.2, -0.15) is 11.8 Å². The van der Waals surface area contributed by atoms with E-state index in [2.05, 4.69) is 12.2 Å². The van der Waals surface area contributed by atoms with Crippen molar-refractivity contribution in [1.29, 1.82) is 0 Å². The van der Waals surface area contributed by atoms with Crippen molar-refractivity contribution in [3.8, 4) is 0 Å². The van der Waals surface area contributed by atoms with Gasteiger partial charge in [0.1, 0.15) is 0 Å². The van der Waals surface area contributed by atoms with Crippen LogP contribution >= 0.6 is 11.8 Å². The number of carbonyl (C=O) groups is 1. The molecule has 0 aliphatic heterocycles. The Morgan fingerprint density at radius 3 is 2.95 bits per heavy atom. The molecule has 1 aliphatic carbocycles. The first-order valence-corrected chi connectivity index (χ1v) is 7.74. The first-order valence-electron chi connectivity index (χ1n) is 6.70. The van der Waals surface area contributed by atoms with Gasteiger partial charge in [0.25, 0.3) is 5.91 Å². The van der Waals surface area contributed by atoms with Gasteiger partial charge in [-0.15, -0.1) is 0 Å². The Balaban J connectivity index is 2.15. The number of rotatable bonds is 5. The predicted molar refractivity (Wildman–Crippen MR) is 82.6 cm³/mol. The fraction of sp³-hybridized carbons (Fsp3) is 0.500. The maximum Gasteiger partial charge on any atom is 0.250 e. The van der Waals surface area contributed by atoms with E-state index in [1.165, 1.54) is 12.8 Å². The number of nitrogens with two attached hydrogens (primary N) is 2. The molecule has 2 unspecified atom stereocenters. The van der Waals surface area contributed by atoms with Crippen LogP contribution in [0.4, 0.5) is 11.4 Å². The molecule has 19 heavy (non-hydrogen) atoms. The van der Waals surface area contributed by atoms with Crippen molar-refractivity contribution >= 4 is 29.0 Å². The number of nitrogen functional groups attached to an aromatic ring is 1. The zero-order chi connectivity index (χ0) is 13.8. The SMILES string of the molecule is CCSC1CCCC1Nc1cccc(C(N)=O)c1N. The van der Waals surface area contributed by atoms with E-state index in [9.17, 15) is 4.79 Å². The topological polar surface area (TPSA) is 81.1 Å². The summed E-state index contributed by atoms with van der Waals surface area (Å²) < 4.78 is 0. The third kappa shape index (κ3) is 3.15. The number of carbonyl (C=O) groups excluding carboxylic acids is 1. The fourth-order valence-electron chi connectivity index (χ4n) is 2.61. The van der Waals surface area contributed by atoms with Crippen LogP contribution in [0, 0.1) is 0 Å². The lowest BCUT2D eigenvalue weighted by atomic mass is 10.1. The van der Waals surface area contributed by atoms with Crippen molar-refractivity contribution in [2.45, 2.75) is 37.5 Å². The van der Waals surface area contributed by atoms with E-state index in [0.717, 1.165) is 17.9 Å². The van der Waals surface area contributed by atoms with E-state index < -0.39 is 5.91 Å². The molecule has 0 aromatic heterocycles. The number of benzene rings is 1. The van der Waals surface area contributed by atoms with Gasteiger partial charge in [-0.1, -0.05) is 19.4 Å². The lowest BCUT2D eigenvalue weighted by Crippen LogP contribution is -2.27. The van der Waals surface area contributed by atoms with Gasteiger partial charge in [0.2, 0.25) is 0 Å². The molecule has 5 N–H and O–H groups in total. The van der Waals surface area contributed by atoms with Gasteiger partial charge >= 0.3 is 0 Å². The number of primary amides is 1. The summed E-state index contributed by atoms with van der Waals surface area (Å²) in [7, 11) is 0. The van der Waals surface area contributed by atoms with Crippen molar-refractivity contribution in [2.75, 3.05) is 16.8 Å². The van der Waals surface area contributed by atoms with E-state index in [0.29, 0.717) is 22.5 Å². The minimum Gasteiger partial charge on any atom is -0.396 e. The molecule has 0 saturated heterocycles. The van der Waals surface area contributed by atoms with Gasteiger partial charge in [0, 0.05) is 11.3 Å². The second-order valence-corrected chi connectivity index (χ2v) is 6.32. The molecule has 0 radical (unpaired) electrons. The highest BCUT2D eigenvalue weighted by Gasteiger charge is 2.27. The second-order valence-electron chi connectivity index (χ2n) is 4.81. The van der Waals surface area contributed by atoms with Crippen LogP contribution in [-0.4, -0.2) is 23.0 Å². The molecule has 0 heterocycles. The van der Waals surface area contributed by atoms with E-state index in [1.54, 1.807) is 6.07 Å². The number of para-hydroxylation sites is 1. The average molecular weight is 279 g/mol. The van der Waals surface area contributed by atoms with Gasteiger partial charge in [-0.25, -0.2) is 0 Å². The number of anilines is 2. The smallest absolute Gasteiger partial charge is 0.250 e. The van der Waals surface area contributed by atoms with Crippen LogP contribution in [0.3, 0.4) is 0 Å². The highest BCUT2D eigenvalue weighted by molar-refractivity contribution is 7.99. The van der Waals surface area contributed by atoms with Crippen molar-refractivity contribution in [1.82, 2.24) is 0 Å². The summed E-state index contributed by atoms with van der Waals surface area (Å²) in [5.74, 6) is 0.645. The molecule has 5 heteroatoms. The first-order chi connectivity index (χ1) is 9.13. The zero-order valence-electron chi connectivity index (χ0n) is 11.2. The Bertz CT molecular complexity index is 464. The molecule has 2 atom stereocenters. The van der Waals surface area contributed by atoms with Crippen LogP contribution in [0.1, 0.15) is 36.5 Å². The van der Waals surface area contributed by atoms with Gasteiger partial charge in [-0.3, -0.25) is 4.79 Å². The number of thioether (sulfide) groups is 1. The molecule has 0 spiro atoms. The van der Waals surface area contributed by atoms with Gasteiger partial charge < -0.3 is 16.8 Å². The minimum absolute atomic E-state index is 0.391. The van der Waals surface area contributed by atoms with E-state index in [-0.39, 0.29) is 0 Å². The number of hydrogen-bond donors (Lipinski definition) is 3. The van der Waals surface area contributed by atoms with Crippen LogP contribution in [0.25, 0.3) is 0 Å². The molecule has 2 rings (SSSR count). The second kappa shape index (κ2) is 6.19. The Morgan fingerprint density at radius 2 is 2.26 bits per heavy atom. The van der Waals surface area contributed by atoms with Crippen LogP contribution < -0.4 is 16.8 Å². The monoisotopic (exact) mass is 279 g/mol.